The number of alkyl halides is 3. The molecule has 0 radical (unpaired) electrons. The Morgan fingerprint density at radius 2 is 2.00 bits per heavy atom. The summed E-state index contributed by atoms with van der Waals surface area (Å²) >= 11 is 0. The van der Waals surface area contributed by atoms with Crippen LogP contribution in [0.4, 0.5) is 19.0 Å². The van der Waals surface area contributed by atoms with Crippen molar-refractivity contribution >= 4 is 11.7 Å². The lowest BCUT2D eigenvalue weighted by Crippen LogP contribution is -2.57. The molecule has 1 saturated heterocycles. The number of carbonyl (C=O) groups excluding carboxylic acids is 1. The van der Waals surface area contributed by atoms with Crippen LogP contribution in [0.25, 0.3) is 11.1 Å². The van der Waals surface area contributed by atoms with E-state index >= 15 is 0 Å². The maximum absolute atomic E-state index is 12.8. The van der Waals surface area contributed by atoms with Gasteiger partial charge in [-0.15, -0.1) is 0 Å². The molecule has 0 N–H and O–H groups in total. The van der Waals surface area contributed by atoms with Crippen LogP contribution in [0.5, 0.6) is 0 Å². The second-order valence-corrected chi connectivity index (χ2v) is 9.15. The molecule has 2 aromatic rings. The van der Waals surface area contributed by atoms with Crippen LogP contribution in [0.1, 0.15) is 49.3 Å². The molecule has 2 saturated carbocycles. The average molecular weight is 455 g/mol. The number of hydrogen-bond acceptors (Lipinski definition) is 5. The zero-order chi connectivity index (χ0) is 23.2. The Morgan fingerprint density at radius 1 is 1.21 bits per heavy atom. The van der Waals surface area contributed by atoms with Gasteiger partial charge in [-0.2, -0.15) is 18.4 Å². The Bertz CT molecular complexity index is 1090. The molecule has 2 aromatic heterocycles. The highest BCUT2D eigenvalue weighted by atomic mass is 19.4. The van der Waals surface area contributed by atoms with E-state index in [-0.39, 0.29) is 18.5 Å². The Balaban J connectivity index is 1.45. The molecule has 3 aliphatic rings. The fourth-order valence-corrected chi connectivity index (χ4v) is 4.73. The molecule has 33 heavy (non-hydrogen) atoms. The van der Waals surface area contributed by atoms with Gasteiger partial charge in [-0.05, 0) is 43.7 Å². The van der Waals surface area contributed by atoms with Crippen LogP contribution in [0, 0.1) is 17.2 Å². The van der Waals surface area contributed by atoms with Crippen molar-refractivity contribution in [3.8, 4) is 17.2 Å². The highest BCUT2D eigenvalue weighted by Gasteiger charge is 2.44. The number of carbonyl (C=O) groups is 1. The topological polar surface area (TPSA) is 73.1 Å². The van der Waals surface area contributed by atoms with E-state index in [4.69, 9.17) is 4.98 Å². The third-order valence-electron chi connectivity index (χ3n) is 6.65. The van der Waals surface area contributed by atoms with E-state index in [2.05, 4.69) is 11.1 Å². The first-order valence-corrected chi connectivity index (χ1v) is 11.3. The van der Waals surface area contributed by atoms with Gasteiger partial charge in [0.15, 0.2) is 0 Å². The van der Waals surface area contributed by atoms with Crippen molar-refractivity contribution in [1.82, 2.24) is 14.9 Å². The summed E-state index contributed by atoms with van der Waals surface area (Å²) in [7, 11) is 0. The maximum atomic E-state index is 12.8. The van der Waals surface area contributed by atoms with Gasteiger partial charge in [-0.1, -0.05) is 6.07 Å². The summed E-state index contributed by atoms with van der Waals surface area (Å²) in [5.41, 5.74) is 3.19. The van der Waals surface area contributed by atoms with Crippen LogP contribution in [-0.2, 0) is 4.79 Å². The second-order valence-electron chi connectivity index (χ2n) is 9.15. The van der Waals surface area contributed by atoms with Crippen molar-refractivity contribution < 1.29 is 18.0 Å². The van der Waals surface area contributed by atoms with E-state index in [0.717, 1.165) is 42.5 Å². The molecule has 3 fully saturated rings. The van der Waals surface area contributed by atoms with Crippen molar-refractivity contribution in [3.05, 3.63) is 41.9 Å². The number of hydrogen-bond donors (Lipinski definition) is 0. The van der Waals surface area contributed by atoms with Crippen LogP contribution < -0.4 is 4.90 Å². The summed E-state index contributed by atoms with van der Waals surface area (Å²) < 4.78 is 38.5. The number of rotatable bonds is 5. The lowest BCUT2D eigenvalue weighted by Gasteiger charge is -2.42. The normalized spacial score (nSPS) is 21.1. The van der Waals surface area contributed by atoms with Gasteiger partial charge in [-0.25, -0.2) is 4.98 Å². The smallest absolute Gasteiger partial charge is 0.352 e. The zero-order valence-corrected chi connectivity index (χ0v) is 18.1. The molecule has 172 valence electrons. The van der Waals surface area contributed by atoms with Crippen LogP contribution in [0.15, 0.2) is 30.6 Å². The predicted octanol–water partition coefficient (Wildman–Crippen LogP) is 4.27. The molecule has 2 aliphatic carbocycles. The minimum atomic E-state index is -4.51. The van der Waals surface area contributed by atoms with E-state index in [0.29, 0.717) is 30.4 Å². The monoisotopic (exact) mass is 455 g/mol. The van der Waals surface area contributed by atoms with Crippen LogP contribution in [0.2, 0.25) is 0 Å². The van der Waals surface area contributed by atoms with Crippen LogP contribution in [-0.4, -0.2) is 52.6 Å². The molecule has 1 unspecified atom stereocenters. The van der Waals surface area contributed by atoms with Gasteiger partial charge in [0.1, 0.15) is 18.3 Å². The molecular formula is C24H24F3N5O. The fourth-order valence-electron chi connectivity index (χ4n) is 4.73. The standard InChI is InChI=1S/C24H24F3N5O/c25-24(26,27)11-21(33)32-9-8-31(14-20(32)15-3-4-15)23-18(12-28)10-19(17-2-1-7-29-13-17)22(30-23)16-5-6-16/h1-2,7,10,13,15-16,20H,3-6,8-9,11,14H2. The number of nitrogens with zero attached hydrogens (tertiary/aromatic N) is 5. The zero-order valence-electron chi connectivity index (χ0n) is 18.1. The van der Waals surface area contributed by atoms with Gasteiger partial charge < -0.3 is 9.80 Å². The van der Waals surface area contributed by atoms with Crippen molar-refractivity contribution in [3.63, 3.8) is 0 Å². The highest BCUT2D eigenvalue weighted by Crippen LogP contribution is 2.45. The van der Waals surface area contributed by atoms with Gasteiger partial charge >= 0.3 is 6.18 Å². The van der Waals surface area contributed by atoms with Crippen molar-refractivity contribution in [1.29, 1.82) is 5.26 Å². The van der Waals surface area contributed by atoms with Gasteiger partial charge in [0.2, 0.25) is 5.91 Å². The summed E-state index contributed by atoms with van der Waals surface area (Å²) in [5.74, 6) is 0.243. The Kier molecular flexibility index (Phi) is 5.47. The molecule has 0 bridgehead atoms. The third-order valence-corrected chi connectivity index (χ3v) is 6.65. The Hall–Kier alpha value is -3.15. The number of pyridine rings is 2. The number of halogens is 3. The minimum Gasteiger partial charge on any atom is -0.352 e. The summed E-state index contributed by atoms with van der Waals surface area (Å²) in [4.78, 5) is 24.9. The minimum absolute atomic E-state index is 0.200. The van der Waals surface area contributed by atoms with E-state index < -0.39 is 18.5 Å². The van der Waals surface area contributed by atoms with Gasteiger partial charge in [0.25, 0.3) is 0 Å². The van der Waals surface area contributed by atoms with E-state index in [1.807, 2.05) is 23.1 Å². The molecule has 1 amide bonds. The summed E-state index contributed by atoms with van der Waals surface area (Å²) in [6.07, 6.45) is 1.40. The number of amides is 1. The Labute approximate surface area is 190 Å². The lowest BCUT2D eigenvalue weighted by molar-refractivity contribution is -0.163. The largest absolute Gasteiger partial charge is 0.397 e. The first kappa shape index (κ1) is 21.7. The summed E-state index contributed by atoms with van der Waals surface area (Å²) in [6, 6.07) is 7.63. The predicted molar refractivity (Wildman–Crippen MR) is 115 cm³/mol. The van der Waals surface area contributed by atoms with Crippen molar-refractivity contribution in [2.24, 2.45) is 5.92 Å². The van der Waals surface area contributed by atoms with Gasteiger partial charge in [0.05, 0.1) is 17.3 Å². The first-order valence-electron chi connectivity index (χ1n) is 11.3. The molecular weight excluding hydrogens is 431 g/mol. The number of anilines is 1. The SMILES string of the molecule is N#Cc1cc(-c2cccnc2)c(C2CC2)nc1N1CCN(C(=O)CC(F)(F)F)C(C2CC2)C1. The second kappa shape index (κ2) is 8.32. The van der Waals surface area contributed by atoms with Crippen LogP contribution in [0.3, 0.4) is 0 Å². The molecule has 0 spiro atoms. The van der Waals surface area contributed by atoms with E-state index in [9.17, 15) is 23.2 Å². The third kappa shape index (κ3) is 4.65. The molecule has 6 nitrogen and oxygen atoms in total. The maximum Gasteiger partial charge on any atom is 0.397 e. The van der Waals surface area contributed by atoms with Gasteiger partial charge in [0, 0.05) is 49.1 Å². The molecule has 1 aliphatic heterocycles. The number of aromatic nitrogens is 2. The average Bonchev–Trinajstić information content (AvgIpc) is 3.70. The molecule has 3 heterocycles. The highest BCUT2D eigenvalue weighted by molar-refractivity contribution is 5.78. The van der Waals surface area contributed by atoms with Crippen molar-refractivity contribution in [2.75, 3.05) is 24.5 Å². The lowest BCUT2D eigenvalue weighted by atomic mass is 10.00. The van der Waals surface area contributed by atoms with E-state index in [1.54, 1.807) is 12.4 Å². The van der Waals surface area contributed by atoms with Crippen molar-refractivity contribution in [2.45, 2.75) is 50.2 Å². The number of piperazine rings is 1. The fraction of sp³-hybridized carbons (Fsp3) is 0.500. The summed E-state index contributed by atoms with van der Waals surface area (Å²) in [6.45, 7) is 0.947. The quantitative estimate of drug-likeness (QED) is 0.673. The van der Waals surface area contributed by atoms with Crippen LogP contribution >= 0.6 is 0 Å². The van der Waals surface area contributed by atoms with E-state index in [1.165, 1.54) is 4.90 Å². The molecule has 0 aromatic carbocycles. The molecule has 5 rings (SSSR count). The number of nitriles is 1. The molecule has 1 atom stereocenters. The summed E-state index contributed by atoms with van der Waals surface area (Å²) in [5, 5.41) is 9.90. The molecule has 9 heteroatoms. The Morgan fingerprint density at radius 3 is 2.61 bits per heavy atom. The first-order chi connectivity index (χ1) is 15.8. The van der Waals surface area contributed by atoms with Gasteiger partial charge in [-0.3, -0.25) is 9.78 Å².